The van der Waals surface area contributed by atoms with E-state index >= 15 is 0 Å². The summed E-state index contributed by atoms with van der Waals surface area (Å²) in [6.45, 7) is 0. The van der Waals surface area contributed by atoms with Gasteiger partial charge in [0.05, 0.1) is 39.0 Å². The third-order valence-corrected chi connectivity index (χ3v) is 13.4. The highest BCUT2D eigenvalue weighted by molar-refractivity contribution is 6.12. The summed E-state index contributed by atoms with van der Waals surface area (Å²) in [5.41, 5.74) is 14.7. The zero-order valence-electron chi connectivity index (χ0n) is 34.5. The third-order valence-electron chi connectivity index (χ3n) is 13.4. The quantitative estimate of drug-likeness (QED) is 0.174. The Labute approximate surface area is 367 Å². The van der Waals surface area contributed by atoms with Crippen LogP contribution in [-0.4, -0.2) is 28.7 Å². The zero-order chi connectivity index (χ0) is 41.9. The molecule has 0 fully saturated rings. The molecular weight excluding hydrogens is 781 g/mol. The van der Waals surface area contributed by atoms with E-state index in [-0.39, 0.29) is 5.92 Å². The fraction of sp³-hybridized carbons (Fsp3) is 0.0172. The van der Waals surface area contributed by atoms with Gasteiger partial charge in [0.1, 0.15) is 5.82 Å². The lowest BCUT2D eigenvalue weighted by Gasteiger charge is -2.16. The van der Waals surface area contributed by atoms with Gasteiger partial charge in [-0.15, -0.1) is 0 Å². The van der Waals surface area contributed by atoms with Gasteiger partial charge in [-0.05, 0) is 82.9 Å². The summed E-state index contributed by atoms with van der Waals surface area (Å²) in [4.78, 5) is 16.2. The van der Waals surface area contributed by atoms with E-state index < -0.39 is 0 Å². The Hall–Kier alpha value is -8.61. The van der Waals surface area contributed by atoms with Crippen molar-refractivity contribution in [2.75, 3.05) is 0 Å². The van der Waals surface area contributed by atoms with Gasteiger partial charge in [0.25, 0.3) is 0 Å². The van der Waals surface area contributed by atoms with Crippen molar-refractivity contribution in [1.29, 1.82) is 0 Å². The minimum absolute atomic E-state index is 0.211. The van der Waals surface area contributed by atoms with Crippen LogP contribution in [0.1, 0.15) is 22.9 Å². The topological polar surface area (TPSA) is 53.5 Å². The molecule has 0 N–H and O–H groups in total. The van der Waals surface area contributed by atoms with Crippen molar-refractivity contribution < 1.29 is 0 Å². The van der Waals surface area contributed by atoms with Crippen LogP contribution in [0.5, 0.6) is 0 Å². The second-order valence-corrected chi connectivity index (χ2v) is 16.8. The molecule has 6 nitrogen and oxygen atoms in total. The minimum atomic E-state index is -0.211. The number of nitrogens with zero attached hydrogens (tertiary/aromatic N) is 6. The molecule has 1 atom stereocenters. The number of fused-ring (bicyclic) bond motifs is 12. The van der Waals surface area contributed by atoms with E-state index in [0.29, 0.717) is 17.6 Å². The van der Waals surface area contributed by atoms with E-state index in [2.05, 4.69) is 208 Å². The summed E-state index contributed by atoms with van der Waals surface area (Å²) in [7, 11) is 0. The van der Waals surface area contributed by atoms with E-state index in [9.17, 15) is 0 Å². The minimum Gasteiger partial charge on any atom is -0.309 e. The van der Waals surface area contributed by atoms with Gasteiger partial charge >= 0.3 is 0 Å². The molecule has 0 aliphatic heterocycles. The van der Waals surface area contributed by atoms with Gasteiger partial charge in [-0.3, -0.25) is 4.57 Å². The highest BCUT2D eigenvalue weighted by Gasteiger charge is 2.34. The summed E-state index contributed by atoms with van der Waals surface area (Å²) in [6, 6.07) is 76.1. The average Bonchev–Trinajstić information content (AvgIpc) is 4.09. The van der Waals surface area contributed by atoms with Crippen LogP contribution in [0.2, 0.25) is 0 Å². The molecule has 4 heterocycles. The Bertz CT molecular complexity index is 3930. The number of benzene rings is 9. The third kappa shape index (κ3) is 4.99. The molecule has 13 aromatic rings. The van der Waals surface area contributed by atoms with Gasteiger partial charge in [-0.25, -0.2) is 4.98 Å². The van der Waals surface area contributed by atoms with Crippen LogP contribution >= 0.6 is 0 Å². The smallest absolute Gasteiger partial charge is 0.238 e. The van der Waals surface area contributed by atoms with Crippen LogP contribution in [-0.2, 0) is 0 Å². The van der Waals surface area contributed by atoms with Crippen LogP contribution in [0.25, 0.3) is 105 Å². The van der Waals surface area contributed by atoms with Gasteiger partial charge in [0.15, 0.2) is 5.82 Å². The maximum absolute atomic E-state index is 5.52. The average molecular weight is 817 g/mol. The second kappa shape index (κ2) is 13.4. The summed E-state index contributed by atoms with van der Waals surface area (Å²) < 4.78 is 7.00. The second-order valence-electron chi connectivity index (χ2n) is 16.8. The zero-order valence-corrected chi connectivity index (χ0v) is 34.5. The van der Waals surface area contributed by atoms with Crippen molar-refractivity contribution in [3.63, 3.8) is 0 Å². The maximum Gasteiger partial charge on any atom is 0.238 e. The van der Waals surface area contributed by atoms with E-state index in [4.69, 9.17) is 15.0 Å². The molecule has 0 amide bonds. The molecule has 0 spiro atoms. The first-order valence-corrected chi connectivity index (χ1v) is 21.8. The molecule has 14 rings (SSSR count). The molecule has 0 bridgehead atoms. The molecular formula is C58H36N6. The molecule has 4 aromatic heterocycles. The lowest BCUT2D eigenvalue weighted by molar-refractivity contribution is 0.823. The Balaban J connectivity index is 0.983. The Kier molecular flexibility index (Phi) is 7.36. The van der Waals surface area contributed by atoms with Gasteiger partial charge in [0.2, 0.25) is 5.95 Å². The normalized spacial score (nSPS) is 13.5. The first-order chi connectivity index (χ1) is 31.8. The fourth-order valence-corrected chi connectivity index (χ4v) is 10.7. The SMILES string of the molecule is c1ccc(-c2nc(C3c4ccccc4-c4cc(-n5c6ccccc6c6ccccc65)ccc43)nc(-n3c4ccccc4c4cc(-n5c6ccccc6c6ccccc65)ccc43)n2)cc1. The lowest BCUT2D eigenvalue weighted by Crippen LogP contribution is -2.12. The monoisotopic (exact) mass is 816 g/mol. The first kappa shape index (κ1) is 35.0. The highest BCUT2D eigenvalue weighted by Crippen LogP contribution is 2.49. The Morgan fingerprint density at radius 2 is 0.766 bits per heavy atom. The van der Waals surface area contributed by atoms with Crippen molar-refractivity contribution in [3.05, 3.63) is 229 Å². The maximum atomic E-state index is 5.52. The van der Waals surface area contributed by atoms with Crippen LogP contribution in [0, 0.1) is 0 Å². The van der Waals surface area contributed by atoms with Crippen molar-refractivity contribution in [3.8, 4) is 39.8 Å². The molecule has 0 saturated heterocycles. The summed E-state index contributed by atoms with van der Waals surface area (Å²) in [6.07, 6.45) is 0. The van der Waals surface area contributed by atoms with Crippen LogP contribution in [0.15, 0.2) is 212 Å². The van der Waals surface area contributed by atoms with Crippen molar-refractivity contribution >= 4 is 65.4 Å². The molecule has 6 heteroatoms. The summed E-state index contributed by atoms with van der Waals surface area (Å²) in [5, 5.41) is 7.24. The number of para-hydroxylation sites is 5. The molecule has 1 aliphatic carbocycles. The van der Waals surface area contributed by atoms with Crippen molar-refractivity contribution in [2.45, 2.75) is 5.92 Å². The number of hydrogen-bond acceptors (Lipinski definition) is 3. The molecule has 0 saturated carbocycles. The molecule has 9 aromatic carbocycles. The van der Waals surface area contributed by atoms with Crippen LogP contribution in [0.3, 0.4) is 0 Å². The Morgan fingerprint density at radius 3 is 1.38 bits per heavy atom. The molecule has 0 radical (unpaired) electrons. The van der Waals surface area contributed by atoms with E-state index in [1.54, 1.807) is 0 Å². The summed E-state index contributed by atoms with van der Waals surface area (Å²) in [5.74, 6) is 1.74. The Morgan fingerprint density at radius 1 is 0.312 bits per heavy atom. The van der Waals surface area contributed by atoms with Crippen LogP contribution < -0.4 is 0 Å². The van der Waals surface area contributed by atoms with E-state index in [1.807, 2.05) is 18.2 Å². The number of hydrogen-bond donors (Lipinski definition) is 0. The highest BCUT2D eigenvalue weighted by atomic mass is 15.2. The van der Waals surface area contributed by atoms with Gasteiger partial charge in [0, 0.05) is 49.3 Å². The predicted octanol–water partition coefficient (Wildman–Crippen LogP) is 14.0. The first-order valence-electron chi connectivity index (χ1n) is 21.8. The standard InChI is InChI=1S/C58H36N6/c1-2-16-36(17-3-1)56-59-57(55-45-24-5-4-18-39(45)47-34-37(30-32-46(47)55)62-49-25-11-6-19-40(49)41-20-7-12-26-50(41)62)61-58(60-56)64-53-29-15-10-23-44(53)48-35-38(31-33-54(48)64)63-51-27-13-8-21-42(51)43-22-9-14-28-52(43)63/h1-35,55H. The van der Waals surface area contributed by atoms with E-state index in [0.717, 1.165) is 38.7 Å². The lowest BCUT2D eigenvalue weighted by atomic mass is 9.96. The van der Waals surface area contributed by atoms with Crippen molar-refractivity contribution in [2.24, 2.45) is 0 Å². The predicted molar refractivity (Wildman–Crippen MR) is 261 cm³/mol. The number of aromatic nitrogens is 6. The van der Waals surface area contributed by atoms with E-state index in [1.165, 1.54) is 65.9 Å². The van der Waals surface area contributed by atoms with Gasteiger partial charge in [-0.1, -0.05) is 152 Å². The molecule has 64 heavy (non-hydrogen) atoms. The largest absolute Gasteiger partial charge is 0.309 e. The van der Waals surface area contributed by atoms with Crippen LogP contribution in [0.4, 0.5) is 0 Å². The molecule has 298 valence electrons. The molecule has 1 aliphatic rings. The fourth-order valence-electron chi connectivity index (χ4n) is 10.7. The summed E-state index contributed by atoms with van der Waals surface area (Å²) >= 11 is 0. The van der Waals surface area contributed by atoms with Gasteiger partial charge in [-0.2, -0.15) is 9.97 Å². The van der Waals surface area contributed by atoms with Crippen molar-refractivity contribution in [1.82, 2.24) is 28.7 Å². The number of rotatable bonds is 5. The molecule has 1 unspecified atom stereocenters. The van der Waals surface area contributed by atoms with Gasteiger partial charge < -0.3 is 9.13 Å².